The SMILES string of the molecule is COc1ccc(C(=O)NNC(=O)COc2ccc3ccccc3c2Br)cc1OC. The van der Waals surface area contributed by atoms with Crippen LogP contribution < -0.4 is 25.1 Å². The first-order valence-corrected chi connectivity index (χ1v) is 9.44. The third-order valence-corrected chi connectivity index (χ3v) is 4.97. The summed E-state index contributed by atoms with van der Waals surface area (Å²) in [6.45, 7) is -0.261. The summed E-state index contributed by atoms with van der Waals surface area (Å²) in [5.74, 6) is 0.452. The smallest absolute Gasteiger partial charge is 0.276 e. The van der Waals surface area contributed by atoms with Crippen LogP contribution in [0.15, 0.2) is 59.1 Å². The van der Waals surface area contributed by atoms with E-state index in [9.17, 15) is 9.59 Å². The molecule has 0 saturated heterocycles. The second-order valence-corrected chi connectivity index (χ2v) is 6.75. The molecule has 3 aromatic rings. The number of hydrogen-bond donors (Lipinski definition) is 2. The maximum Gasteiger partial charge on any atom is 0.276 e. The molecule has 2 amide bonds. The van der Waals surface area contributed by atoms with Crippen molar-refractivity contribution in [3.8, 4) is 17.2 Å². The van der Waals surface area contributed by atoms with E-state index in [2.05, 4.69) is 26.8 Å². The molecule has 0 heterocycles. The van der Waals surface area contributed by atoms with Gasteiger partial charge in [-0.05, 0) is 51.0 Å². The monoisotopic (exact) mass is 458 g/mol. The summed E-state index contributed by atoms with van der Waals surface area (Å²) < 4.78 is 16.6. The lowest BCUT2D eigenvalue weighted by Crippen LogP contribution is -2.43. The second kappa shape index (κ2) is 9.29. The van der Waals surface area contributed by atoms with E-state index in [-0.39, 0.29) is 6.61 Å². The highest BCUT2D eigenvalue weighted by atomic mass is 79.9. The summed E-state index contributed by atoms with van der Waals surface area (Å²) in [7, 11) is 2.98. The third kappa shape index (κ3) is 4.78. The molecule has 29 heavy (non-hydrogen) atoms. The van der Waals surface area contributed by atoms with Crippen LogP contribution in [0.3, 0.4) is 0 Å². The fraction of sp³-hybridized carbons (Fsp3) is 0.143. The van der Waals surface area contributed by atoms with Gasteiger partial charge in [0.1, 0.15) is 5.75 Å². The molecule has 0 fully saturated rings. The molecule has 0 aromatic heterocycles. The van der Waals surface area contributed by atoms with Crippen LogP contribution in [0.2, 0.25) is 0 Å². The van der Waals surface area contributed by atoms with Gasteiger partial charge in [0, 0.05) is 5.56 Å². The summed E-state index contributed by atoms with van der Waals surface area (Å²) >= 11 is 3.50. The average molecular weight is 459 g/mol. The van der Waals surface area contributed by atoms with Gasteiger partial charge in [0.05, 0.1) is 18.7 Å². The molecule has 8 heteroatoms. The van der Waals surface area contributed by atoms with E-state index in [1.54, 1.807) is 18.2 Å². The molecule has 150 valence electrons. The zero-order valence-corrected chi connectivity index (χ0v) is 17.4. The number of hydrogen-bond acceptors (Lipinski definition) is 5. The van der Waals surface area contributed by atoms with Gasteiger partial charge in [-0.3, -0.25) is 20.4 Å². The van der Waals surface area contributed by atoms with Gasteiger partial charge in [0.2, 0.25) is 0 Å². The lowest BCUT2D eigenvalue weighted by atomic mass is 10.1. The number of halogens is 1. The van der Waals surface area contributed by atoms with Crippen LogP contribution in [-0.4, -0.2) is 32.6 Å². The normalized spacial score (nSPS) is 10.3. The van der Waals surface area contributed by atoms with Crippen molar-refractivity contribution in [1.82, 2.24) is 10.9 Å². The van der Waals surface area contributed by atoms with Crippen LogP contribution in [0.1, 0.15) is 10.4 Å². The summed E-state index contributed by atoms with van der Waals surface area (Å²) in [6.07, 6.45) is 0. The minimum Gasteiger partial charge on any atom is -0.493 e. The number of fused-ring (bicyclic) bond motifs is 1. The zero-order chi connectivity index (χ0) is 20.8. The highest BCUT2D eigenvalue weighted by Gasteiger charge is 2.13. The first-order chi connectivity index (χ1) is 14.0. The first kappa shape index (κ1) is 20.5. The molecule has 0 saturated carbocycles. The van der Waals surface area contributed by atoms with Crippen molar-refractivity contribution in [3.05, 3.63) is 64.6 Å². The van der Waals surface area contributed by atoms with Crippen LogP contribution >= 0.6 is 15.9 Å². The Kier molecular flexibility index (Phi) is 6.56. The maximum atomic E-state index is 12.2. The van der Waals surface area contributed by atoms with Crippen molar-refractivity contribution in [2.75, 3.05) is 20.8 Å². The molecule has 3 rings (SSSR count). The van der Waals surface area contributed by atoms with Crippen molar-refractivity contribution in [2.24, 2.45) is 0 Å². The van der Waals surface area contributed by atoms with E-state index < -0.39 is 11.8 Å². The molecular weight excluding hydrogens is 440 g/mol. The maximum absolute atomic E-state index is 12.2. The Labute approximate surface area is 176 Å². The molecule has 0 radical (unpaired) electrons. The molecule has 2 N–H and O–H groups in total. The van der Waals surface area contributed by atoms with E-state index in [1.165, 1.54) is 20.3 Å². The Bertz CT molecular complexity index is 1050. The van der Waals surface area contributed by atoms with Crippen molar-refractivity contribution in [1.29, 1.82) is 0 Å². The lowest BCUT2D eigenvalue weighted by molar-refractivity contribution is -0.123. The number of methoxy groups -OCH3 is 2. The number of ether oxygens (including phenoxy) is 3. The Morgan fingerprint density at radius 2 is 1.62 bits per heavy atom. The van der Waals surface area contributed by atoms with Gasteiger partial charge in [0.15, 0.2) is 18.1 Å². The van der Waals surface area contributed by atoms with Gasteiger partial charge in [0.25, 0.3) is 11.8 Å². The average Bonchev–Trinajstić information content (AvgIpc) is 2.76. The topological polar surface area (TPSA) is 85.9 Å². The predicted octanol–water partition coefficient (Wildman–Crippen LogP) is 3.46. The first-order valence-electron chi connectivity index (χ1n) is 8.64. The number of amides is 2. The number of carbonyl (C=O) groups is 2. The largest absolute Gasteiger partial charge is 0.493 e. The fourth-order valence-electron chi connectivity index (χ4n) is 2.68. The predicted molar refractivity (Wildman–Crippen MR) is 112 cm³/mol. The van der Waals surface area contributed by atoms with Crippen molar-refractivity contribution in [2.45, 2.75) is 0 Å². The van der Waals surface area contributed by atoms with E-state index in [0.29, 0.717) is 22.8 Å². The molecule has 0 aliphatic carbocycles. The van der Waals surface area contributed by atoms with E-state index in [1.807, 2.05) is 30.3 Å². The van der Waals surface area contributed by atoms with Crippen LogP contribution in [0.5, 0.6) is 17.2 Å². The van der Waals surface area contributed by atoms with E-state index in [0.717, 1.165) is 15.2 Å². The zero-order valence-electron chi connectivity index (χ0n) is 15.8. The lowest BCUT2D eigenvalue weighted by Gasteiger charge is -2.12. The van der Waals surface area contributed by atoms with Gasteiger partial charge in [-0.25, -0.2) is 0 Å². The van der Waals surface area contributed by atoms with Gasteiger partial charge in [-0.15, -0.1) is 0 Å². The number of carbonyl (C=O) groups excluding carboxylic acids is 2. The van der Waals surface area contributed by atoms with Crippen molar-refractivity contribution < 1.29 is 23.8 Å². The molecule has 3 aromatic carbocycles. The Morgan fingerprint density at radius 3 is 2.38 bits per heavy atom. The highest BCUT2D eigenvalue weighted by molar-refractivity contribution is 9.10. The van der Waals surface area contributed by atoms with Crippen molar-refractivity contribution in [3.63, 3.8) is 0 Å². The van der Waals surface area contributed by atoms with Crippen molar-refractivity contribution >= 4 is 38.5 Å². The minimum atomic E-state index is -0.501. The van der Waals surface area contributed by atoms with E-state index in [4.69, 9.17) is 14.2 Å². The Balaban J connectivity index is 1.56. The number of nitrogens with one attached hydrogen (secondary N) is 2. The van der Waals surface area contributed by atoms with Gasteiger partial charge >= 0.3 is 0 Å². The molecule has 0 unspecified atom stereocenters. The van der Waals surface area contributed by atoms with Gasteiger partial charge in [-0.1, -0.05) is 30.3 Å². The van der Waals surface area contributed by atoms with Crippen LogP contribution in [0.25, 0.3) is 10.8 Å². The second-order valence-electron chi connectivity index (χ2n) is 5.96. The molecular formula is C21H19BrN2O5. The standard InChI is InChI=1S/C21H19BrN2O5/c1-27-16-9-8-14(11-18(16)28-2)21(26)24-23-19(25)12-29-17-10-7-13-5-3-4-6-15(13)20(17)22/h3-11H,12H2,1-2H3,(H,23,25)(H,24,26). The van der Waals surface area contributed by atoms with Crippen LogP contribution in [-0.2, 0) is 4.79 Å². The molecule has 0 aliphatic heterocycles. The molecule has 0 aliphatic rings. The number of hydrazine groups is 1. The summed E-state index contributed by atoms with van der Waals surface area (Å²) in [4.78, 5) is 24.3. The molecule has 0 spiro atoms. The van der Waals surface area contributed by atoms with Crippen LogP contribution in [0.4, 0.5) is 0 Å². The molecule has 0 atom stereocenters. The molecule has 7 nitrogen and oxygen atoms in total. The van der Waals surface area contributed by atoms with Gasteiger partial charge in [-0.2, -0.15) is 0 Å². The van der Waals surface area contributed by atoms with Gasteiger partial charge < -0.3 is 14.2 Å². The minimum absolute atomic E-state index is 0.261. The fourth-order valence-corrected chi connectivity index (χ4v) is 3.29. The Morgan fingerprint density at radius 1 is 0.897 bits per heavy atom. The Hall–Kier alpha value is -3.26. The molecule has 0 bridgehead atoms. The highest BCUT2D eigenvalue weighted by Crippen LogP contribution is 2.33. The van der Waals surface area contributed by atoms with E-state index >= 15 is 0 Å². The summed E-state index contributed by atoms with van der Waals surface area (Å²) in [5.41, 5.74) is 4.97. The summed E-state index contributed by atoms with van der Waals surface area (Å²) in [6, 6.07) is 16.2. The quantitative estimate of drug-likeness (QED) is 0.552. The van der Waals surface area contributed by atoms with Crippen LogP contribution in [0, 0.1) is 0 Å². The summed E-state index contributed by atoms with van der Waals surface area (Å²) in [5, 5.41) is 2.03. The third-order valence-electron chi connectivity index (χ3n) is 4.15. The number of benzene rings is 3. The number of rotatable bonds is 6.